The van der Waals surface area contributed by atoms with Gasteiger partial charge in [-0.05, 0) is 30.1 Å². The fraction of sp³-hybridized carbons (Fsp3) is 1.00. The average Bonchev–Trinajstić information content (AvgIpc) is 2.13. The topological polar surface area (TPSA) is 0 Å². The molecule has 0 aromatic heterocycles. The van der Waals surface area contributed by atoms with E-state index in [0.29, 0.717) is 0 Å². The summed E-state index contributed by atoms with van der Waals surface area (Å²) in [7, 11) is 5.78. The summed E-state index contributed by atoms with van der Waals surface area (Å²) in [4.78, 5) is 0. The van der Waals surface area contributed by atoms with Crippen LogP contribution in [0.4, 0.5) is 0 Å². The van der Waals surface area contributed by atoms with Gasteiger partial charge in [-0.3, -0.25) is 0 Å². The Bertz CT molecular complexity index is 149. The lowest BCUT2D eigenvalue weighted by Gasteiger charge is -2.43. The third kappa shape index (κ3) is 2.55. The van der Waals surface area contributed by atoms with E-state index >= 15 is 0 Å². The zero-order chi connectivity index (χ0) is 10.6. The summed E-state index contributed by atoms with van der Waals surface area (Å²) in [6, 6.07) is 0. The van der Waals surface area contributed by atoms with E-state index in [1.807, 2.05) is 0 Å². The lowest BCUT2D eigenvalue weighted by atomic mass is 9.60. The zero-order valence-electron chi connectivity index (χ0n) is 10.1. The Morgan fingerprint density at radius 2 is 2.00 bits per heavy atom. The number of hydrogen-bond acceptors (Lipinski definition) is 0. The molecule has 0 aromatic carbocycles. The van der Waals surface area contributed by atoms with Crippen LogP contribution in [-0.4, -0.2) is 7.85 Å². The van der Waals surface area contributed by atoms with Crippen molar-refractivity contribution in [2.24, 2.45) is 23.7 Å². The molecule has 1 fully saturated rings. The third-order valence-corrected chi connectivity index (χ3v) is 4.38. The summed E-state index contributed by atoms with van der Waals surface area (Å²) in [5.41, 5.74) is 0. The van der Waals surface area contributed by atoms with E-state index < -0.39 is 0 Å². The Morgan fingerprint density at radius 3 is 2.36 bits per heavy atom. The minimum Gasteiger partial charge on any atom is -0.0856 e. The Labute approximate surface area is 91.3 Å². The minimum atomic E-state index is 0.843. The molecule has 2 radical (unpaired) electrons. The molecule has 0 nitrogen and oxygen atoms in total. The number of hydrogen-bond donors (Lipinski definition) is 0. The van der Waals surface area contributed by atoms with Crippen LogP contribution in [0.5, 0.6) is 0 Å². The highest BCUT2D eigenvalue weighted by Crippen LogP contribution is 2.45. The van der Waals surface area contributed by atoms with Crippen molar-refractivity contribution >= 4 is 7.85 Å². The van der Waals surface area contributed by atoms with Crippen LogP contribution in [0, 0.1) is 23.7 Å². The van der Waals surface area contributed by atoms with Crippen LogP contribution in [0.3, 0.4) is 0 Å². The maximum atomic E-state index is 5.78. The standard InChI is InChI=1S/C13H25B/c1-4-6-11(5-2)10(3)13-8-7-12(13)9-14/h10-13H,4-9H2,1-3H3. The van der Waals surface area contributed by atoms with Gasteiger partial charge < -0.3 is 0 Å². The van der Waals surface area contributed by atoms with Gasteiger partial charge in [-0.15, -0.1) is 0 Å². The number of rotatable bonds is 6. The van der Waals surface area contributed by atoms with Crippen LogP contribution in [-0.2, 0) is 0 Å². The summed E-state index contributed by atoms with van der Waals surface area (Å²) in [5, 5.41) is 0. The summed E-state index contributed by atoms with van der Waals surface area (Å²) in [5.74, 6) is 3.63. The SMILES string of the molecule is [B]CC1CCC1C(C)C(CC)CCC. The summed E-state index contributed by atoms with van der Waals surface area (Å²) < 4.78 is 0. The summed E-state index contributed by atoms with van der Waals surface area (Å²) in [6.45, 7) is 7.10. The van der Waals surface area contributed by atoms with Crippen LogP contribution >= 0.6 is 0 Å². The molecular formula is C13H25B. The molecule has 1 rings (SSSR count). The molecule has 14 heavy (non-hydrogen) atoms. The van der Waals surface area contributed by atoms with E-state index in [0.717, 1.165) is 30.0 Å². The molecule has 0 spiro atoms. The highest BCUT2D eigenvalue weighted by molar-refractivity contribution is 6.08. The van der Waals surface area contributed by atoms with Crippen molar-refractivity contribution in [1.29, 1.82) is 0 Å². The van der Waals surface area contributed by atoms with Gasteiger partial charge in [0.15, 0.2) is 0 Å². The molecule has 4 atom stereocenters. The molecule has 1 aliphatic rings. The van der Waals surface area contributed by atoms with E-state index in [4.69, 9.17) is 7.85 Å². The largest absolute Gasteiger partial charge is 0.0856 e. The van der Waals surface area contributed by atoms with Crippen molar-refractivity contribution in [2.75, 3.05) is 0 Å². The second-order valence-corrected chi connectivity index (χ2v) is 5.05. The molecule has 1 saturated carbocycles. The fourth-order valence-electron chi connectivity index (χ4n) is 3.14. The van der Waals surface area contributed by atoms with Gasteiger partial charge in [0.05, 0.1) is 7.85 Å². The first kappa shape index (κ1) is 12.1. The maximum absolute atomic E-state index is 5.78. The second-order valence-electron chi connectivity index (χ2n) is 5.05. The Kier molecular flexibility index (Phi) is 5.05. The van der Waals surface area contributed by atoms with Gasteiger partial charge in [-0.2, -0.15) is 0 Å². The van der Waals surface area contributed by atoms with Gasteiger partial charge in [-0.25, -0.2) is 0 Å². The van der Waals surface area contributed by atoms with Gasteiger partial charge >= 0.3 is 0 Å². The average molecular weight is 192 g/mol. The van der Waals surface area contributed by atoms with Crippen molar-refractivity contribution in [3.63, 3.8) is 0 Å². The maximum Gasteiger partial charge on any atom is 0.0656 e. The molecule has 0 bridgehead atoms. The first-order valence-electron chi connectivity index (χ1n) is 6.44. The summed E-state index contributed by atoms with van der Waals surface area (Å²) in [6.07, 6.45) is 7.83. The molecular weight excluding hydrogens is 167 g/mol. The molecule has 80 valence electrons. The van der Waals surface area contributed by atoms with E-state index in [9.17, 15) is 0 Å². The van der Waals surface area contributed by atoms with Crippen LogP contribution in [0.2, 0.25) is 6.32 Å². The van der Waals surface area contributed by atoms with Gasteiger partial charge in [0, 0.05) is 0 Å². The van der Waals surface area contributed by atoms with Crippen molar-refractivity contribution in [2.45, 2.75) is 59.2 Å². The molecule has 4 unspecified atom stereocenters. The van der Waals surface area contributed by atoms with Crippen LogP contribution in [0.25, 0.3) is 0 Å². The molecule has 0 aromatic rings. The normalized spacial score (nSPS) is 30.8. The van der Waals surface area contributed by atoms with Crippen molar-refractivity contribution in [3.05, 3.63) is 0 Å². The van der Waals surface area contributed by atoms with Gasteiger partial charge in [0.1, 0.15) is 0 Å². The molecule has 1 aliphatic carbocycles. The summed E-state index contributed by atoms with van der Waals surface area (Å²) >= 11 is 0. The Hall–Kier alpha value is 0.0649. The predicted molar refractivity (Wildman–Crippen MR) is 64.6 cm³/mol. The van der Waals surface area contributed by atoms with Crippen molar-refractivity contribution < 1.29 is 0 Å². The molecule has 0 saturated heterocycles. The van der Waals surface area contributed by atoms with E-state index in [-0.39, 0.29) is 0 Å². The lowest BCUT2D eigenvalue weighted by molar-refractivity contribution is 0.0841. The molecule has 0 heterocycles. The minimum absolute atomic E-state index is 0.843. The predicted octanol–water partition coefficient (Wildman–Crippen LogP) is 4.06. The molecule has 0 N–H and O–H groups in total. The van der Waals surface area contributed by atoms with Gasteiger partial charge in [-0.1, -0.05) is 52.8 Å². The van der Waals surface area contributed by atoms with E-state index in [1.165, 1.54) is 32.1 Å². The van der Waals surface area contributed by atoms with Crippen LogP contribution in [0.1, 0.15) is 52.9 Å². The van der Waals surface area contributed by atoms with E-state index in [1.54, 1.807) is 0 Å². The lowest BCUT2D eigenvalue weighted by Crippen LogP contribution is -2.34. The van der Waals surface area contributed by atoms with E-state index in [2.05, 4.69) is 20.8 Å². The van der Waals surface area contributed by atoms with Crippen LogP contribution in [0.15, 0.2) is 0 Å². The smallest absolute Gasteiger partial charge is 0.0656 e. The monoisotopic (exact) mass is 192 g/mol. The van der Waals surface area contributed by atoms with Gasteiger partial charge in [0.25, 0.3) is 0 Å². The highest BCUT2D eigenvalue weighted by Gasteiger charge is 2.35. The van der Waals surface area contributed by atoms with Crippen molar-refractivity contribution in [1.82, 2.24) is 0 Å². The fourth-order valence-corrected chi connectivity index (χ4v) is 3.14. The zero-order valence-corrected chi connectivity index (χ0v) is 10.1. The Balaban J connectivity index is 2.41. The first-order valence-corrected chi connectivity index (χ1v) is 6.44. The third-order valence-electron chi connectivity index (χ3n) is 4.38. The Morgan fingerprint density at radius 1 is 1.29 bits per heavy atom. The van der Waals surface area contributed by atoms with Gasteiger partial charge in [0.2, 0.25) is 0 Å². The quantitative estimate of drug-likeness (QED) is 0.556. The highest BCUT2D eigenvalue weighted by atomic mass is 14.4. The molecule has 0 amide bonds. The first-order chi connectivity index (χ1) is 6.74. The van der Waals surface area contributed by atoms with Crippen LogP contribution < -0.4 is 0 Å². The molecule has 0 aliphatic heterocycles. The molecule has 1 heteroatoms. The second kappa shape index (κ2) is 5.83. The van der Waals surface area contributed by atoms with Crippen molar-refractivity contribution in [3.8, 4) is 0 Å².